The third-order valence-corrected chi connectivity index (χ3v) is 2.07. The van der Waals surface area contributed by atoms with E-state index in [0.29, 0.717) is 0 Å². The predicted molar refractivity (Wildman–Crippen MR) is 54.8 cm³/mol. The Balaban J connectivity index is 2.76. The van der Waals surface area contributed by atoms with Crippen LogP contribution in [0.1, 0.15) is 5.56 Å². The first-order valence-electron chi connectivity index (χ1n) is 4.49. The molecule has 4 nitrogen and oxygen atoms in total. The molecule has 15 heavy (non-hydrogen) atoms. The van der Waals surface area contributed by atoms with E-state index in [1.165, 1.54) is 0 Å². The lowest BCUT2D eigenvalue weighted by Gasteiger charge is -2.10. The normalized spacial score (nSPS) is 11.8. The van der Waals surface area contributed by atoms with Crippen molar-refractivity contribution in [1.29, 1.82) is 0 Å². The van der Waals surface area contributed by atoms with Crippen LogP contribution in [0.3, 0.4) is 0 Å². The van der Waals surface area contributed by atoms with Gasteiger partial charge in [-0.25, -0.2) is 0 Å². The lowest BCUT2D eigenvalue weighted by molar-refractivity contribution is -0.146. The first kappa shape index (κ1) is 11.2. The van der Waals surface area contributed by atoms with Crippen LogP contribution in [0.2, 0.25) is 0 Å². The fourth-order valence-electron chi connectivity index (χ4n) is 1.27. The van der Waals surface area contributed by atoms with E-state index >= 15 is 0 Å². The van der Waals surface area contributed by atoms with E-state index in [4.69, 9.17) is 5.11 Å². The molecule has 0 saturated heterocycles. The van der Waals surface area contributed by atoms with E-state index in [0.717, 1.165) is 5.56 Å². The second kappa shape index (κ2) is 5.14. The number of carbonyl (C=O) groups excluding carboxylic acids is 1. The Kier molecular flexibility index (Phi) is 3.85. The van der Waals surface area contributed by atoms with Crippen LogP contribution in [0.15, 0.2) is 30.3 Å². The number of nitrogens with one attached hydrogen (secondary N) is 1. The molecule has 0 bridgehead atoms. The number of aliphatic carboxylic acids is 1. The van der Waals surface area contributed by atoms with E-state index in [-0.39, 0.29) is 6.42 Å². The summed E-state index contributed by atoms with van der Waals surface area (Å²) in [6, 6.07) is 9.01. The summed E-state index contributed by atoms with van der Waals surface area (Å²) in [4.78, 5) is 22.0. The molecule has 1 radical (unpaired) electrons. The molecule has 0 aromatic heterocycles. The second-order valence-corrected chi connectivity index (χ2v) is 3.12. The molecule has 0 heterocycles. The van der Waals surface area contributed by atoms with Crippen LogP contribution in [0.25, 0.3) is 0 Å². The minimum atomic E-state index is -1.14. The maximum Gasteiger partial charge on any atom is 0.316 e. The highest BCUT2D eigenvalue weighted by atomic mass is 16.4. The van der Waals surface area contributed by atoms with Gasteiger partial charge in [0.2, 0.25) is 5.91 Å². The number of hydrogen-bond donors (Lipinski definition) is 2. The quantitative estimate of drug-likeness (QED) is 0.717. The van der Waals surface area contributed by atoms with Crippen molar-refractivity contribution in [2.75, 3.05) is 0 Å². The van der Waals surface area contributed by atoms with Gasteiger partial charge in [-0.2, -0.15) is 0 Å². The Bertz CT molecular complexity index is 348. The van der Waals surface area contributed by atoms with Crippen molar-refractivity contribution in [3.05, 3.63) is 42.9 Å². The van der Waals surface area contributed by atoms with Crippen LogP contribution in [-0.4, -0.2) is 17.0 Å². The lowest BCUT2D eigenvalue weighted by Crippen LogP contribution is -2.33. The van der Waals surface area contributed by atoms with E-state index in [9.17, 15) is 9.59 Å². The van der Waals surface area contributed by atoms with Crippen molar-refractivity contribution < 1.29 is 14.7 Å². The number of amides is 1. The third kappa shape index (κ3) is 3.09. The van der Waals surface area contributed by atoms with Crippen LogP contribution in [-0.2, 0) is 16.0 Å². The molecule has 2 N–H and O–H groups in total. The summed E-state index contributed by atoms with van der Waals surface area (Å²) in [5, 5.41) is 10.9. The van der Waals surface area contributed by atoms with Gasteiger partial charge in [0.1, 0.15) is 5.92 Å². The highest BCUT2D eigenvalue weighted by Gasteiger charge is 2.25. The van der Waals surface area contributed by atoms with Gasteiger partial charge < -0.3 is 10.4 Å². The van der Waals surface area contributed by atoms with Crippen molar-refractivity contribution in [3.8, 4) is 0 Å². The first-order valence-corrected chi connectivity index (χ1v) is 4.49. The second-order valence-electron chi connectivity index (χ2n) is 3.12. The summed E-state index contributed by atoms with van der Waals surface area (Å²) in [6.07, 6.45) is 0.178. The minimum absolute atomic E-state index is 0.178. The molecule has 4 heteroatoms. The molecule has 0 aliphatic rings. The Morgan fingerprint density at radius 1 is 1.33 bits per heavy atom. The average Bonchev–Trinajstić information content (AvgIpc) is 2.26. The summed E-state index contributed by atoms with van der Waals surface area (Å²) in [5.74, 6) is -2.80. The number of benzene rings is 1. The summed E-state index contributed by atoms with van der Waals surface area (Å²) in [7, 11) is 3.17. The third-order valence-electron chi connectivity index (χ3n) is 2.07. The lowest BCUT2D eigenvalue weighted by atomic mass is 9.99. The van der Waals surface area contributed by atoms with Crippen molar-refractivity contribution in [2.24, 2.45) is 5.92 Å². The smallest absolute Gasteiger partial charge is 0.316 e. The molecule has 1 unspecified atom stereocenters. The number of carbonyl (C=O) groups is 2. The fourth-order valence-corrected chi connectivity index (χ4v) is 1.27. The van der Waals surface area contributed by atoms with Crippen LogP contribution in [0.4, 0.5) is 0 Å². The summed E-state index contributed by atoms with van der Waals surface area (Å²) in [6.45, 7) is 0. The van der Waals surface area contributed by atoms with Crippen LogP contribution < -0.4 is 5.32 Å². The highest BCUT2D eigenvalue weighted by molar-refractivity contribution is 5.97. The van der Waals surface area contributed by atoms with Gasteiger partial charge in [-0.15, -0.1) is 0 Å². The molecule has 0 spiro atoms. The summed E-state index contributed by atoms with van der Waals surface area (Å²) >= 11 is 0. The number of rotatable bonds is 4. The topological polar surface area (TPSA) is 66.4 Å². The molecule has 1 amide bonds. The molecule has 79 valence electrons. The molecule has 0 aliphatic carbocycles. The predicted octanol–water partition coefficient (Wildman–Crippen LogP) is 0.838. The van der Waals surface area contributed by atoms with E-state index in [1.807, 2.05) is 6.07 Å². The van der Waals surface area contributed by atoms with Crippen molar-refractivity contribution in [3.63, 3.8) is 0 Å². The van der Waals surface area contributed by atoms with Gasteiger partial charge >= 0.3 is 5.97 Å². The summed E-state index contributed by atoms with van der Waals surface area (Å²) in [5.41, 5.74) is 0.813. The first-order chi connectivity index (χ1) is 7.15. The number of carboxylic acids is 1. The minimum Gasteiger partial charge on any atom is -0.481 e. The van der Waals surface area contributed by atoms with Gasteiger partial charge in [-0.05, 0) is 12.0 Å². The van der Waals surface area contributed by atoms with Crippen molar-refractivity contribution in [2.45, 2.75) is 6.42 Å². The molecule has 1 aromatic rings. The van der Waals surface area contributed by atoms with E-state index in [2.05, 4.69) is 12.4 Å². The van der Waals surface area contributed by atoms with E-state index < -0.39 is 17.8 Å². The molecule has 1 rings (SSSR count). The summed E-state index contributed by atoms with van der Waals surface area (Å²) < 4.78 is 0. The molecule has 0 aliphatic heterocycles. The zero-order valence-corrected chi connectivity index (χ0v) is 8.14. The van der Waals surface area contributed by atoms with Crippen LogP contribution >= 0.6 is 0 Å². The van der Waals surface area contributed by atoms with E-state index in [1.54, 1.807) is 24.3 Å². The fraction of sp³-hybridized carbons (Fsp3) is 0.182. The number of hydrogen-bond acceptors (Lipinski definition) is 2. The Hall–Kier alpha value is -1.84. The Labute approximate surface area is 87.9 Å². The van der Waals surface area contributed by atoms with Crippen LogP contribution in [0, 0.1) is 13.0 Å². The van der Waals surface area contributed by atoms with Crippen molar-refractivity contribution >= 4 is 11.9 Å². The number of carboxylic acid groups (broad SMARTS) is 1. The molecule has 0 fully saturated rings. The van der Waals surface area contributed by atoms with Gasteiger partial charge in [-0.3, -0.25) is 9.59 Å². The SMILES string of the molecule is [CH2]NC(=O)C(Cc1ccccc1)C(=O)O. The van der Waals surface area contributed by atoms with Crippen LogP contribution in [0.5, 0.6) is 0 Å². The molecule has 0 saturated carbocycles. The zero-order chi connectivity index (χ0) is 11.3. The highest BCUT2D eigenvalue weighted by Crippen LogP contribution is 2.09. The van der Waals surface area contributed by atoms with Gasteiger partial charge in [0.25, 0.3) is 0 Å². The van der Waals surface area contributed by atoms with Gasteiger partial charge in [0.15, 0.2) is 0 Å². The average molecular weight is 206 g/mol. The zero-order valence-electron chi connectivity index (χ0n) is 8.14. The molecular weight excluding hydrogens is 194 g/mol. The Morgan fingerprint density at radius 3 is 2.40 bits per heavy atom. The molecule has 1 aromatic carbocycles. The molecule has 1 atom stereocenters. The van der Waals surface area contributed by atoms with Gasteiger partial charge in [-0.1, -0.05) is 30.3 Å². The maximum absolute atomic E-state index is 11.2. The maximum atomic E-state index is 11.2. The Morgan fingerprint density at radius 2 is 1.93 bits per heavy atom. The molecular formula is C11H12NO3. The monoisotopic (exact) mass is 206 g/mol. The largest absolute Gasteiger partial charge is 0.481 e. The standard InChI is InChI=1S/C11H12NO3/c1-12-10(13)9(11(14)15)7-8-5-3-2-4-6-8/h2-6,9H,1,7H2,(H,12,13)(H,14,15). The van der Waals surface area contributed by atoms with Crippen molar-refractivity contribution in [1.82, 2.24) is 5.32 Å². The van der Waals surface area contributed by atoms with Gasteiger partial charge in [0, 0.05) is 7.05 Å². The van der Waals surface area contributed by atoms with Gasteiger partial charge in [0.05, 0.1) is 0 Å².